The van der Waals surface area contributed by atoms with E-state index in [2.05, 4.69) is 31.2 Å². The summed E-state index contributed by atoms with van der Waals surface area (Å²) in [5.41, 5.74) is 5.39. The van der Waals surface area contributed by atoms with Gasteiger partial charge < -0.3 is 0 Å². The van der Waals surface area contributed by atoms with Crippen molar-refractivity contribution in [1.82, 2.24) is 0 Å². The molecular formula is C19H20Cl2. The molecule has 0 saturated heterocycles. The van der Waals surface area contributed by atoms with Crippen LogP contribution in [0.5, 0.6) is 0 Å². The highest BCUT2D eigenvalue weighted by molar-refractivity contribution is 6.31. The Morgan fingerprint density at radius 2 is 1.38 bits per heavy atom. The van der Waals surface area contributed by atoms with Gasteiger partial charge in [0.05, 0.1) is 0 Å². The summed E-state index contributed by atoms with van der Waals surface area (Å²) >= 11 is 12.4. The first-order chi connectivity index (χ1) is 10.2. The van der Waals surface area contributed by atoms with Crippen LogP contribution in [-0.2, 0) is 0 Å². The summed E-state index contributed by atoms with van der Waals surface area (Å²) in [6, 6.07) is 12.5. The highest BCUT2D eigenvalue weighted by Crippen LogP contribution is 2.48. The van der Waals surface area contributed by atoms with Gasteiger partial charge in [-0.1, -0.05) is 67.9 Å². The minimum absolute atomic E-state index is 0.448. The molecule has 0 bridgehead atoms. The van der Waals surface area contributed by atoms with Gasteiger partial charge in [-0.25, -0.2) is 0 Å². The zero-order valence-electron chi connectivity index (χ0n) is 12.3. The molecule has 0 atom stereocenters. The smallest absolute Gasteiger partial charge is 0.0409 e. The second kappa shape index (κ2) is 6.42. The lowest BCUT2D eigenvalue weighted by molar-refractivity contribution is 0.601. The maximum absolute atomic E-state index is 6.22. The predicted molar refractivity (Wildman–Crippen MR) is 92.5 cm³/mol. The summed E-state index contributed by atoms with van der Waals surface area (Å²) in [6.45, 7) is 2.25. The topological polar surface area (TPSA) is 0 Å². The molecule has 2 aromatic rings. The lowest BCUT2D eigenvalue weighted by Gasteiger charge is -2.14. The van der Waals surface area contributed by atoms with Crippen LogP contribution in [0.2, 0.25) is 10.0 Å². The summed E-state index contributed by atoms with van der Waals surface area (Å²) in [6.07, 6.45) is 6.34. The molecule has 0 saturated carbocycles. The molecule has 1 aliphatic carbocycles. The van der Waals surface area contributed by atoms with Crippen LogP contribution >= 0.6 is 23.2 Å². The normalized spacial score (nSPS) is 13.3. The van der Waals surface area contributed by atoms with Crippen molar-refractivity contribution in [3.05, 3.63) is 57.6 Å². The van der Waals surface area contributed by atoms with E-state index in [-0.39, 0.29) is 0 Å². The standard InChI is InChI=1S/C19H20Cl2/c1-2-3-4-5-6-15-18-11-13(20)7-9-16(18)17-10-8-14(21)12-19(15)17/h7-12,15H,2-6H2,1H3. The second-order valence-corrected chi connectivity index (χ2v) is 6.74. The molecule has 0 fully saturated rings. The largest absolute Gasteiger partial charge is 0.0843 e. The molecule has 21 heavy (non-hydrogen) atoms. The minimum Gasteiger partial charge on any atom is -0.0843 e. The van der Waals surface area contributed by atoms with Crippen LogP contribution in [-0.4, -0.2) is 0 Å². The third-order valence-electron chi connectivity index (χ3n) is 4.41. The number of rotatable bonds is 5. The summed E-state index contributed by atoms with van der Waals surface area (Å²) < 4.78 is 0. The summed E-state index contributed by atoms with van der Waals surface area (Å²) in [4.78, 5) is 0. The molecule has 0 N–H and O–H groups in total. The number of unbranched alkanes of at least 4 members (excludes halogenated alkanes) is 3. The lowest BCUT2D eigenvalue weighted by Crippen LogP contribution is -1.97. The average Bonchev–Trinajstić information content (AvgIpc) is 2.76. The first kappa shape index (κ1) is 14.9. The Morgan fingerprint density at radius 1 is 0.810 bits per heavy atom. The van der Waals surface area contributed by atoms with Gasteiger partial charge in [-0.05, 0) is 52.9 Å². The van der Waals surface area contributed by atoms with E-state index in [4.69, 9.17) is 23.2 Å². The van der Waals surface area contributed by atoms with E-state index in [1.54, 1.807) is 0 Å². The Labute approximate surface area is 137 Å². The highest BCUT2D eigenvalue weighted by atomic mass is 35.5. The molecule has 110 valence electrons. The molecule has 0 nitrogen and oxygen atoms in total. The van der Waals surface area contributed by atoms with Crippen LogP contribution in [0.3, 0.4) is 0 Å². The zero-order valence-corrected chi connectivity index (χ0v) is 13.8. The van der Waals surface area contributed by atoms with Gasteiger partial charge in [0.25, 0.3) is 0 Å². The van der Waals surface area contributed by atoms with E-state index < -0.39 is 0 Å². The van der Waals surface area contributed by atoms with Crippen LogP contribution < -0.4 is 0 Å². The van der Waals surface area contributed by atoms with Crippen molar-refractivity contribution in [1.29, 1.82) is 0 Å². The van der Waals surface area contributed by atoms with Crippen molar-refractivity contribution >= 4 is 23.2 Å². The van der Waals surface area contributed by atoms with Gasteiger partial charge in [0.15, 0.2) is 0 Å². The number of halogens is 2. The Hall–Kier alpha value is -0.980. The first-order valence-corrected chi connectivity index (χ1v) is 8.55. The third-order valence-corrected chi connectivity index (χ3v) is 4.88. The molecule has 0 heterocycles. The summed E-state index contributed by atoms with van der Waals surface area (Å²) in [7, 11) is 0. The molecule has 0 aliphatic heterocycles. The SMILES string of the molecule is CCCCCCC1c2cc(Cl)ccc2-c2ccc(Cl)cc21. The van der Waals surface area contributed by atoms with E-state index in [1.165, 1.54) is 54.4 Å². The fourth-order valence-electron chi connectivity index (χ4n) is 3.39. The van der Waals surface area contributed by atoms with Gasteiger partial charge in [-0.15, -0.1) is 0 Å². The fraction of sp³-hybridized carbons (Fsp3) is 0.368. The van der Waals surface area contributed by atoms with Crippen molar-refractivity contribution < 1.29 is 0 Å². The Morgan fingerprint density at radius 3 is 1.90 bits per heavy atom. The van der Waals surface area contributed by atoms with Crippen molar-refractivity contribution in [2.45, 2.75) is 44.9 Å². The summed E-state index contributed by atoms with van der Waals surface area (Å²) in [5.74, 6) is 0.448. The fourth-order valence-corrected chi connectivity index (χ4v) is 3.75. The van der Waals surface area contributed by atoms with E-state index >= 15 is 0 Å². The van der Waals surface area contributed by atoms with Crippen LogP contribution in [0, 0.1) is 0 Å². The molecule has 0 spiro atoms. The van der Waals surface area contributed by atoms with E-state index in [0.717, 1.165) is 10.0 Å². The van der Waals surface area contributed by atoms with Gasteiger partial charge >= 0.3 is 0 Å². The van der Waals surface area contributed by atoms with Gasteiger partial charge in [0.2, 0.25) is 0 Å². The number of hydrogen-bond acceptors (Lipinski definition) is 0. The molecular weight excluding hydrogens is 299 g/mol. The molecule has 0 aromatic heterocycles. The minimum atomic E-state index is 0.448. The number of benzene rings is 2. The van der Waals surface area contributed by atoms with Crippen molar-refractivity contribution in [2.75, 3.05) is 0 Å². The molecule has 2 heteroatoms. The molecule has 2 aromatic carbocycles. The van der Waals surface area contributed by atoms with Crippen molar-refractivity contribution in [2.24, 2.45) is 0 Å². The predicted octanol–water partition coefficient (Wildman–Crippen LogP) is 7.08. The lowest BCUT2D eigenvalue weighted by atomic mass is 9.91. The van der Waals surface area contributed by atoms with Gasteiger partial charge in [-0.2, -0.15) is 0 Å². The van der Waals surface area contributed by atoms with Gasteiger partial charge in [0.1, 0.15) is 0 Å². The Balaban J connectivity index is 1.95. The van der Waals surface area contributed by atoms with Crippen LogP contribution in [0.25, 0.3) is 11.1 Å². The Kier molecular flexibility index (Phi) is 4.57. The van der Waals surface area contributed by atoms with Crippen molar-refractivity contribution in [3.8, 4) is 11.1 Å². The second-order valence-electron chi connectivity index (χ2n) is 5.87. The van der Waals surface area contributed by atoms with E-state index in [1.807, 2.05) is 12.1 Å². The molecule has 0 amide bonds. The van der Waals surface area contributed by atoms with Crippen molar-refractivity contribution in [3.63, 3.8) is 0 Å². The quantitative estimate of drug-likeness (QED) is 0.517. The third kappa shape index (κ3) is 2.98. The molecule has 0 unspecified atom stereocenters. The van der Waals surface area contributed by atoms with Gasteiger partial charge in [-0.3, -0.25) is 0 Å². The molecule has 1 aliphatic rings. The maximum Gasteiger partial charge on any atom is 0.0409 e. The van der Waals surface area contributed by atoms with Crippen LogP contribution in [0.1, 0.15) is 56.1 Å². The zero-order chi connectivity index (χ0) is 14.8. The molecule has 3 rings (SSSR count). The van der Waals surface area contributed by atoms with Gasteiger partial charge in [0, 0.05) is 16.0 Å². The van der Waals surface area contributed by atoms with Crippen LogP contribution in [0.4, 0.5) is 0 Å². The van der Waals surface area contributed by atoms with Crippen LogP contribution in [0.15, 0.2) is 36.4 Å². The Bertz CT molecular complexity index is 595. The molecule has 0 radical (unpaired) electrons. The maximum atomic E-state index is 6.22. The number of hydrogen-bond donors (Lipinski definition) is 0. The first-order valence-electron chi connectivity index (χ1n) is 7.80. The highest BCUT2D eigenvalue weighted by Gasteiger charge is 2.28. The number of fused-ring (bicyclic) bond motifs is 3. The van der Waals surface area contributed by atoms with E-state index in [0.29, 0.717) is 5.92 Å². The average molecular weight is 319 g/mol. The monoisotopic (exact) mass is 318 g/mol. The van der Waals surface area contributed by atoms with E-state index in [9.17, 15) is 0 Å². The summed E-state index contributed by atoms with van der Waals surface area (Å²) in [5, 5.41) is 1.65.